The summed E-state index contributed by atoms with van der Waals surface area (Å²) >= 11 is 0. The summed E-state index contributed by atoms with van der Waals surface area (Å²) in [5.74, 6) is -0.413. The molecule has 18 heavy (non-hydrogen) atoms. The van der Waals surface area contributed by atoms with E-state index < -0.39 is 11.5 Å². The van der Waals surface area contributed by atoms with E-state index >= 15 is 0 Å². The van der Waals surface area contributed by atoms with E-state index in [0.29, 0.717) is 11.0 Å². The molecule has 0 radical (unpaired) electrons. The van der Waals surface area contributed by atoms with Crippen LogP contribution in [0.4, 0.5) is 0 Å². The van der Waals surface area contributed by atoms with Gasteiger partial charge in [0.2, 0.25) is 5.91 Å². The Hall–Kier alpha value is -2.29. The molecular formula is C9H12N6O3. The molecule has 0 aliphatic rings. The number of amides is 1. The molecule has 0 saturated carbocycles. The fourth-order valence-corrected chi connectivity index (χ4v) is 1.47. The number of hydrogen-bond acceptors (Lipinski definition) is 6. The first-order valence-electron chi connectivity index (χ1n) is 5.26. The van der Waals surface area contributed by atoms with E-state index in [1.807, 2.05) is 0 Å². The second-order valence-corrected chi connectivity index (χ2v) is 3.63. The zero-order valence-corrected chi connectivity index (χ0v) is 9.70. The molecule has 1 amide bonds. The van der Waals surface area contributed by atoms with Gasteiger partial charge in [-0.2, -0.15) is 5.10 Å². The molecule has 96 valence electrons. The number of aliphatic hydroxyl groups excluding tert-OH is 1. The normalized spacial score (nSPS) is 10.8. The maximum absolute atomic E-state index is 11.9. The van der Waals surface area contributed by atoms with Crippen LogP contribution in [-0.2, 0) is 18.4 Å². The molecule has 0 aliphatic heterocycles. The van der Waals surface area contributed by atoms with Crippen molar-refractivity contribution in [2.45, 2.75) is 6.54 Å². The highest BCUT2D eigenvalue weighted by Gasteiger charge is 2.11. The molecule has 0 fully saturated rings. The highest BCUT2D eigenvalue weighted by molar-refractivity contribution is 5.76. The Bertz CT molecular complexity index is 631. The number of carbonyl (C=O) groups excluding carboxylic acids is 1. The van der Waals surface area contributed by atoms with Crippen molar-refractivity contribution >= 4 is 16.9 Å². The number of fused-ring (bicyclic) bond motifs is 1. The molecule has 0 bridgehead atoms. The summed E-state index contributed by atoms with van der Waals surface area (Å²) in [4.78, 5) is 23.3. The molecule has 0 spiro atoms. The zero-order valence-electron chi connectivity index (χ0n) is 9.70. The molecule has 0 aromatic carbocycles. The molecule has 0 aliphatic carbocycles. The molecule has 2 heterocycles. The Labute approximate surface area is 101 Å². The fourth-order valence-electron chi connectivity index (χ4n) is 1.47. The third-order valence-corrected chi connectivity index (χ3v) is 2.35. The van der Waals surface area contributed by atoms with Gasteiger partial charge in [0.15, 0.2) is 5.65 Å². The second-order valence-electron chi connectivity index (χ2n) is 3.63. The van der Waals surface area contributed by atoms with Crippen LogP contribution in [-0.4, -0.2) is 48.9 Å². The minimum absolute atomic E-state index is 0.135. The number of nitrogens with one attached hydrogen (secondary N) is 1. The average molecular weight is 252 g/mol. The first-order valence-corrected chi connectivity index (χ1v) is 5.26. The highest BCUT2D eigenvalue weighted by Crippen LogP contribution is 2.01. The van der Waals surface area contributed by atoms with Gasteiger partial charge in [0.25, 0.3) is 5.56 Å². The molecule has 9 nitrogen and oxygen atoms in total. The number of hydrogen-bond donors (Lipinski definition) is 2. The van der Waals surface area contributed by atoms with Gasteiger partial charge < -0.3 is 10.4 Å². The Morgan fingerprint density at radius 2 is 2.33 bits per heavy atom. The van der Waals surface area contributed by atoms with Gasteiger partial charge in [-0.1, -0.05) is 5.21 Å². The van der Waals surface area contributed by atoms with Crippen LogP contribution in [0.15, 0.2) is 11.0 Å². The largest absolute Gasteiger partial charge is 0.395 e. The molecule has 2 N–H and O–H groups in total. The van der Waals surface area contributed by atoms with E-state index in [0.717, 1.165) is 4.68 Å². The van der Waals surface area contributed by atoms with Crippen molar-refractivity contribution < 1.29 is 9.90 Å². The quantitative estimate of drug-likeness (QED) is 0.628. The van der Waals surface area contributed by atoms with Gasteiger partial charge in [-0.3, -0.25) is 9.59 Å². The molecule has 0 saturated heterocycles. The van der Waals surface area contributed by atoms with Gasteiger partial charge in [-0.05, 0) is 0 Å². The van der Waals surface area contributed by atoms with Crippen LogP contribution in [0.1, 0.15) is 0 Å². The van der Waals surface area contributed by atoms with E-state index in [-0.39, 0.29) is 19.7 Å². The lowest BCUT2D eigenvalue weighted by Crippen LogP contribution is -2.35. The van der Waals surface area contributed by atoms with Crippen LogP contribution in [0, 0.1) is 0 Å². The molecule has 2 aromatic rings. The minimum Gasteiger partial charge on any atom is -0.395 e. The number of nitrogens with zero attached hydrogens (tertiary/aromatic N) is 5. The predicted molar refractivity (Wildman–Crippen MR) is 60.7 cm³/mol. The molecule has 0 atom stereocenters. The summed E-state index contributed by atoms with van der Waals surface area (Å²) in [6.07, 6.45) is 1.38. The zero-order chi connectivity index (χ0) is 13.1. The van der Waals surface area contributed by atoms with Gasteiger partial charge in [-0.25, -0.2) is 9.36 Å². The smallest absolute Gasteiger partial charge is 0.281 e. The van der Waals surface area contributed by atoms with Crippen LogP contribution in [0.5, 0.6) is 0 Å². The standard InChI is InChI=1S/C9H12N6O3/c1-14-8-6(4-11-14)9(18)15(13-12-8)5-7(17)10-2-3-16/h4,16H,2-3,5H2,1H3,(H,10,17). The van der Waals surface area contributed by atoms with Crippen molar-refractivity contribution in [1.82, 2.24) is 30.1 Å². The van der Waals surface area contributed by atoms with E-state index in [2.05, 4.69) is 20.7 Å². The van der Waals surface area contributed by atoms with E-state index in [1.165, 1.54) is 10.9 Å². The van der Waals surface area contributed by atoms with Crippen LogP contribution in [0.2, 0.25) is 0 Å². The third kappa shape index (κ3) is 2.20. The first kappa shape index (κ1) is 12.2. The number of carbonyl (C=O) groups is 1. The van der Waals surface area contributed by atoms with E-state index in [9.17, 15) is 9.59 Å². The summed E-state index contributed by atoms with van der Waals surface area (Å²) in [5, 5.41) is 22.7. The highest BCUT2D eigenvalue weighted by atomic mass is 16.3. The van der Waals surface area contributed by atoms with E-state index in [1.54, 1.807) is 7.05 Å². The van der Waals surface area contributed by atoms with Crippen molar-refractivity contribution in [3.8, 4) is 0 Å². The summed E-state index contributed by atoms with van der Waals surface area (Å²) in [6, 6.07) is 0. The van der Waals surface area contributed by atoms with Crippen molar-refractivity contribution in [1.29, 1.82) is 0 Å². The number of rotatable bonds is 4. The van der Waals surface area contributed by atoms with Gasteiger partial charge in [0.05, 0.1) is 12.8 Å². The van der Waals surface area contributed by atoms with E-state index in [4.69, 9.17) is 5.11 Å². The van der Waals surface area contributed by atoms with Gasteiger partial charge in [-0.15, -0.1) is 5.10 Å². The van der Waals surface area contributed by atoms with Crippen molar-refractivity contribution in [2.24, 2.45) is 7.05 Å². The first-order chi connectivity index (χ1) is 8.63. The lowest BCUT2D eigenvalue weighted by atomic mass is 10.4. The van der Waals surface area contributed by atoms with Crippen LogP contribution >= 0.6 is 0 Å². The van der Waals surface area contributed by atoms with Crippen LogP contribution in [0.3, 0.4) is 0 Å². The minimum atomic E-state index is -0.424. The Kier molecular flexibility index (Phi) is 3.33. The summed E-state index contributed by atoms with van der Waals surface area (Å²) in [5.41, 5.74) is -0.0562. The average Bonchev–Trinajstić information content (AvgIpc) is 2.73. The van der Waals surface area contributed by atoms with Crippen molar-refractivity contribution in [2.75, 3.05) is 13.2 Å². The van der Waals surface area contributed by atoms with Crippen LogP contribution < -0.4 is 10.9 Å². The Morgan fingerprint density at radius 3 is 3.06 bits per heavy atom. The molecule has 2 rings (SSSR count). The van der Waals surface area contributed by atoms with Crippen molar-refractivity contribution in [3.05, 3.63) is 16.6 Å². The predicted octanol–water partition coefficient (Wildman–Crippen LogP) is -2.37. The van der Waals surface area contributed by atoms with Gasteiger partial charge in [0.1, 0.15) is 11.9 Å². The van der Waals surface area contributed by atoms with Crippen molar-refractivity contribution in [3.63, 3.8) is 0 Å². The van der Waals surface area contributed by atoms with Crippen LogP contribution in [0.25, 0.3) is 11.0 Å². The topological polar surface area (TPSA) is 115 Å². The summed E-state index contributed by atoms with van der Waals surface area (Å²) in [7, 11) is 1.65. The van der Waals surface area contributed by atoms with Gasteiger partial charge >= 0.3 is 0 Å². The Balaban J connectivity index is 2.27. The molecule has 2 aromatic heterocycles. The number of aryl methyl sites for hydroxylation is 1. The third-order valence-electron chi connectivity index (χ3n) is 2.35. The Morgan fingerprint density at radius 1 is 1.56 bits per heavy atom. The second kappa shape index (κ2) is 4.92. The number of aromatic nitrogens is 5. The lowest BCUT2D eigenvalue weighted by Gasteiger charge is -2.04. The number of aliphatic hydroxyl groups is 1. The molecule has 0 unspecified atom stereocenters. The van der Waals surface area contributed by atoms with Gasteiger partial charge in [0, 0.05) is 13.6 Å². The lowest BCUT2D eigenvalue weighted by molar-refractivity contribution is -0.122. The maximum atomic E-state index is 11.9. The molecule has 9 heteroatoms. The fraction of sp³-hybridized carbons (Fsp3) is 0.444. The maximum Gasteiger partial charge on any atom is 0.281 e. The SMILES string of the molecule is Cn1ncc2c(=O)n(CC(=O)NCCO)nnc21. The summed E-state index contributed by atoms with van der Waals surface area (Å²) < 4.78 is 2.39. The monoisotopic (exact) mass is 252 g/mol. The molecular weight excluding hydrogens is 240 g/mol. The summed E-state index contributed by atoms with van der Waals surface area (Å²) in [6.45, 7) is -0.263.